The Morgan fingerprint density at radius 1 is 1.10 bits per heavy atom. The van der Waals surface area contributed by atoms with Crippen LogP contribution in [-0.2, 0) is 0 Å². The van der Waals surface area contributed by atoms with Crippen LogP contribution in [-0.4, -0.2) is 17.0 Å². The van der Waals surface area contributed by atoms with Gasteiger partial charge in [-0.2, -0.15) is 0 Å². The summed E-state index contributed by atoms with van der Waals surface area (Å²) in [6, 6.07) is 10.6. The smallest absolute Gasteiger partial charge is 0.337 e. The molecule has 0 saturated carbocycles. The summed E-state index contributed by atoms with van der Waals surface area (Å²) in [5.41, 5.74) is 6.80. The first-order chi connectivity index (χ1) is 9.47. The lowest BCUT2D eigenvalue weighted by Crippen LogP contribution is -2.12. The number of nitrogens with two attached hydrogens (primary N) is 1. The van der Waals surface area contributed by atoms with Gasteiger partial charge >= 0.3 is 5.97 Å². The van der Waals surface area contributed by atoms with Gasteiger partial charge in [0, 0.05) is 16.9 Å². The van der Waals surface area contributed by atoms with E-state index in [1.807, 2.05) is 0 Å². The van der Waals surface area contributed by atoms with Crippen LogP contribution in [0.2, 0.25) is 5.02 Å². The van der Waals surface area contributed by atoms with Crippen LogP contribution < -0.4 is 11.1 Å². The Hall–Kier alpha value is -2.53. The fourth-order valence-corrected chi connectivity index (χ4v) is 1.80. The number of anilines is 2. The zero-order valence-electron chi connectivity index (χ0n) is 10.3. The Bertz CT molecular complexity index is 669. The van der Waals surface area contributed by atoms with Gasteiger partial charge in [-0.1, -0.05) is 11.6 Å². The molecule has 0 aliphatic rings. The number of hydrogen-bond acceptors (Lipinski definition) is 3. The molecular weight excluding hydrogens is 280 g/mol. The second-order valence-electron chi connectivity index (χ2n) is 4.08. The van der Waals surface area contributed by atoms with E-state index in [0.29, 0.717) is 16.9 Å². The highest BCUT2D eigenvalue weighted by molar-refractivity contribution is 6.33. The van der Waals surface area contributed by atoms with Crippen molar-refractivity contribution >= 4 is 34.9 Å². The molecule has 0 spiro atoms. The van der Waals surface area contributed by atoms with Crippen LogP contribution in [0, 0.1) is 0 Å². The molecule has 0 saturated heterocycles. The fourth-order valence-electron chi connectivity index (χ4n) is 1.60. The zero-order chi connectivity index (χ0) is 14.7. The number of rotatable bonds is 3. The number of nitrogens with one attached hydrogen (secondary N) is 1. The molecule has 5 nitrogen and oxygen atoms in total. The number of aromatic carboxylic acids is 1. The van der Waals surface area contributed by atoms with Gasteiger partial charge in [0.15, 0.2) is 0 Å². The lowest BCUT2D eigenvalue weighted by Gasteiger charge is -2.07. The molecule has 1 amide bonds. The third-order valence-electron chi connectivity index (χ3n) is 2.63. The van der Waals surface area contributed by atoms with Crippen molar-refractivity contribution in [3.8, 4) is 0 Å². The summed E-state index contributed by atoms with van der Waals surface area (Å²) >= 11 is 5.75. The maximum Gasteiger partial charge on any atom is 0.337 e. The Morgan fingerprint density at radius 3 is 2.35 bits per heavy atom. The summed E-state index contributed by atoms with van der Waals surface area (Å²) in [6.07, 6.45) is 0. The average molecular weight is 291 g/mol. The van der Waals surface area contributed by atoms with Crippen molar-refractivity contribution in [3.05, 3.63) is 58.6 Å². The van der Waals surface area contributed by atoms with Gasteiger partial charge in [-0.3, -0.25) is 4.79 Å². The van der Waals surface area contributed by atoms with Crippen molar-refractivity contribution in [2.24, 2.45) is 0 Å². The molecule has 0 fully saturated rings. The van der Waals surface area contributed by atoms with Crippen molar-refractivity contribution in [3.63, 3.8) is 0 Å². The number of amides is 1. The van der Waals surface area contributed by atoms with Gasteiger partial charge in [-0.05, 0) is 42.5 Å². The maximum atomic E-state index is 12.0. The Morgan fingerprint density at radius 2 is 1.75 bits per heavy atom. The van der Waals surface area contributed by atoms with Crippen molar-refractivity contribution in [2.75, 3.05) is 11.1 Å². The predicted octanol–water partition coefficient (Wildman–Crippen LogP) is 2.87. The topological polar surface area (TPSA) is 92.4 Å². The van der Waals surface area contributed by atoms with Crippen LogP contribution in [0.5, 0.6) is 0 Å². The molecule has 0 unspecified atom stereocenters. The highest BCUT2D eigenvalue weighted by Crippen LogP contribution is 2.21. The number of benzene rings is 2. The minimum atomic E-state index is -1.15. The minimum Gasteiger partial charge on any atom is -0.478 e. The number of hydrogen-bond donors (Lipinski definition) is 3. The molecule has 0 heterocycles. The van der Waals surface area contributed by atoms with Crippen molar-refractivity contribution < 1.29 is 14.7 Å². The van der Waals surface area contributed by atoms with E-state index in [4.69, 9.17) is 22.4 Å². The van der Waals surface area contributed by atoms with Gasteiger partial charge in [0.1, 0.15) is 0 Å². The van der Waals surface area contributed by atoms with Gasteiger partial charge in [0.05, 0.1) is 10.6 Å². The summed E-state index contributed by atoms with van der Waals surface area (Å²) in [5, 5.41) is 11.7. The molecule has 0 bridgehead atoms. The van der Waals surface area contributed by atoms with Crippen molar-refractivity contribution in [1.82, 2.24) is 0 Å². The van der Waals surface area contributed by atoms with Gasteiger partial charge in [0.2, 0.25) is 0 Å². The van der Waals surface area contributed by atoms with Crippen LogP contribution in [0.1, 0.15) is 20.7 Å². The number of halogens is 1. The first-order valence-electron chi connectivity index (χ1n) is 5.67. The number of carbonyl (C=O) groups excluding carboxylic acids is 1. The Labute approximate surface area is 120 Å². The number of carboxylic acids is 1. The summed E-state index contributed by atoms with van der Waals surface area (Å²) in [4.78, 5) is 22.9. The third-order valence-corrected chi connectivity index (χ3v) is 2.96. The Kier molecular flexibility index (Phi) is 3.91. The molecule has 2 aromatic carbocycles. The van der Waals surface area contributed by atoms with Gasteiger partial charge in [-0.15, -0.1) is 0 Å². The Balaban J connectivity index is 2.21. The maximum absolute atomic E-state index is 12.0. The summed E-state index contributed by atoms with van der Waals surface area (Å²) < 4.78 is 0. The molecule has 2 aromatic rings. The van der Waals surface area contributed by atoms with Crippen LogP contribution in [0.3, 0.4) is 0 Å². The lowest BCUT2D eigenvalue weighted by molar-refractivity contribution is 0.0696. The first kappa shape index (κ1) is 13.9. The van der Waals surface area contributed by atoms with Crippen LogP contribution in [0.25, 0.3) is 0 Å². The molecule has 6 heteroatoms. The summed E-state index contributed by atoms with van der Waals surface area (Å²) in [5.74, 6) is -1.51. The SMILES string of the molecule is Nc1ccc(C(=O)Nc2ccc(Cl)c(C(=O)O)c2)cc1. The van der Waals surface area contributed by atoms with Crippen molar-refractivity contribution in [2.45, 2.75) is 0 Å². The van der Waals surface area contributed by atoms with E-state index in [-0.39, 0.29) is 16.5 Å². The highest BCUT2D eigenvalue weighted by atomic mass is 35.5. The molecule has 4 N–H and O–H groups in total. The third kappa shape index (κ3) is 3.07. The molecule has 102 valence electrons. The second kappa shape index (κ2) is 5.63. The van der Waals surface area contributed by atoms with Crippen LogP contribution in [0.4, 0.5) is 11.4 Å². The zero-order valence-corrected chi connectivity index (χ0v) is 11.0. The summed E-state index contributed by atoms with van der Waals surface area (Å²) in [6.45, 7) is 0. The van der Waals surface area contributed by atoms with E-state index in [1.54, 1.807) is 24.3 Å². The van der Waals surface area contributed by atoms with Crippen LogP contribution >= 0.6 is 11.6 Å². The molecule has 0 aliphatic heterocycles. The van der Waals surface area contributed by atoms with Gasteiger partial charge < -0.3 is 16.2 Å². The summed E-state index contributed by atoms with van der Waals surface area (Å²) in [7, 11) is 0. The van der Waals surface area contributed by atoms with E-state index in [2.05, 4.69) is 5.32 Å². The number of carbonyl (C=O) groups is 2. The molecule has 20 heavy (non-hydrogen) atoms. The first-order valence-corrected chi connectivity index (χ1v) is 6.05. The van der Waals surface area contributed by atoms with E-state index < -0.39 is 5.97 Å². The quantitative estimate of drug-likeness (QED) is 0.758. The normalized spacial score (nSPS) is 10.1. The highest BCUT2D eigenvalue weighted by Gasteiger charge is 2.11. The van der Waals surface area contributed by atoms with Gasteiger partial charge in [-0.25, -0.2) is 4.79 Å². The molecule has 0 atom stereocenters. The van der Waals surface area contributed by atoms with Crippen molar-refractivity contribution in [1.29, 1.82) is 0 Å². The standard InChI is InChI=1S/C14H11ClN2O3/c15-12-6-5-10(7-11(12)14(19)20)17-13(18)8-1-3-9(16)4-2-8/h1-7H,16H2,(H,17,18)(H,19,20). The molecule has 2 rings (SSSR count). The molecular formula is C14H11ClN2O3. The lowest BCUT2D eigenvalue weighted by atomic mass is 10.1. The van der Waals surface area contributed by atoms with E-state index in [9.17, 15) is 9.59 Å². The van der Waals surface area contributed by atoms with E-state index in [0.717, 1.165) is 0 Å². The monoisotopic (exact) mass is 290 g/mol. The number of carboxylic acid groups (broad SMARTS) is 1. The predicted molar refractivity (Wildman–Crippen MR) is 77.2 cm³/mol. The van der Waals surface area contributed by atoms with E-state index in [1.165, 1.54) is 18.2 Å². The number of nitrogen functional groups attached to an aromatic ring is 1. The second-order valence-corrected chi connectivity index (χ2v) is 4.48. The minimum absolute atomic E-state index is 0.0678. The fraction of sp³-hybridized carbons (Fsp3) is 0. The molecule has 0 aromatic heterocycles. The molecule has 0 radical (unpaired) electrons. The van der Waals surface area contributed by atoms with E-state index >= 15 is 0 Å². The van der Waals surface area contributed by atoms with Crippen LogP contribution in [0.15, 0.2) is 42.5 Å². The molecule has 0 aliphatic carbocycles. The average Bonchev–Trinajstić information content (AvgIpc) is 2.41. The van der Waals surface area contributed by atoms with Gasteiger partial charge in [0.25, 0.3) is 5.91 Å². The largest absolute Gasteiger partial charge is 0.478 e.